The number of ether oxygens (including phenoxy) is 3. The van der Waals surface area contributed by atoms with Crippen LogP contribution in [-0.2, 0) is 37.4 Å². The minimum absolute atomic E-state index is 0.0742. The molecule has 5 aromatic carbocycles. The molecule has 0 radical (unpaired) electrons. The van der Waals surface area contributed by atoms with E-state index in [0.29, 0.717) is 48.1 Å². The van der Waals surface area contributed by atoms with Crippen molar-refractivity contribution < 1.29 is 33.3 Å². The lowest BCUT2D eigenvalue weighted by Gasteiger charge is -2.43. The van der Waals surface area contributed by atoms with Crippen LogP contribution >= 0.6 is 11.6 Å². The third-order valence-corrected chi connectivity index (χ3v) is 15.7. The van der Waals surface area contributed by atoms with E-state index in [9.17, 15) is 14.7 Å². The number of benzene rings is 5. The fraction of sp³-hybridized carbons (Fsp3) is 0.289. The van der Waals surface area contributed by atoms with Crippen LogP contribution in [0, 0.1) is 0 Å². The molecule has 286 valence electrons. The topological polar surface area (TPSA) is 103 Å². The first-order chi connectivity index (χ1) is 26.4. The predicted molar refractivity (Wildman–Crippen MR) is 219 cm³/mol. The zero-order valence-electron chi connectivity index (χ0n) is 31.9. The summed E-state index contributed by atoms with van der Waals surface area (Å²) in [5.41, 5.74) is 2.60. The van der Waals surface area contributed by atoms with Gasteiger partial charge in [0.25, 0.3) is 14.2 Å². The molecule has 0 aliphatic carbocycles. The van der Waals surface area contributed by atoms with Crippen molar-refractivity contribution in [3.63, 3.8) is 0 Å². The highest BCUT2D eigenvalue weighted by molar-refractivity contribution is 6.99. The van der Waals surface area contributed by atoms with Gasteiger partial charge in [-0.05, 0) is 74.8 Å². The summed E-state index contributed by atoms with van der Waals surface area (Å²) in [4.78, 5) is 26.1. The lowest BCUT2D eigenvalue weighted by Crippen LogP contribution is -2.66. The van der Waals surface area contributed by atoms with Gasteiger partial charge in [0.2, 0.25) is 0 Å². The second kappa shape index (κ2) is 16.8. The molecule has 0 aromatic heterocycles. The molecular weight excluding hydrogens is 730 g/mol. The quantitative estimate of drug-likeness (QED) is 0.111. The minimum atomic E-state index is -2.80. The molecule has 1 amide bonds. The third kappa shape index (κ3) is 8.21. The average molecular weight is 778 g/mol. The van der Waals surface area contributed by atoms with E-state index >= 15 is 0 Å². The molecule has 0 spiro atoms. The van der Waals surface area contributed by atoms with Crippen molar-refractivity contribution in [3.05, 3.63) is 143 Å². The van der Waals surface area contributed by atoms with Crippen molar-refractivity contribution in [3.8, 4) is 22.6 Å². The summed E-state index contributed by atoms with van der Waals surface area (Å²) >= 11 is 6.09. The Kier molecular flexibility index (Phi) is 12.2. The standard InChI is InChI=1S/C45H48ClNO7Si/c1-44(2,3)55(36-13-8-6-9-14-36,37-15-10-7-11-16-37)54-30-32-28-39(51-4)41(40(29-32)52-5)33-19-17-31(18-20-33)27-38(42(48)49)47-43(50)45(25-12-26-53-45)34-21-23-35(46)24-22-34/h6-11,13-24,28-29,38H,12,25-27,30H2,1-5H3,(H,47,50)(H,48,49)/t38-,45?/m0/s1. The maximum absolute atomic E-state index is 13.7. The zero-order chi connectivity index (χ0) is 39.2. The smallest absolute Gasteiger partial charge is 0.326 e. The number of carbonyl (C=O) groups is 2. The maximum atomic E-state index is 13.7. The Morgan fingerprint density at radius 1 is 0.836 bits per heavy atom. The van der Waals surface area contributed by atoms with Crippen LogP contribution in [0.15, 0.2) is 121 Å². The molecule has 5 aromatic rings. The van der Waals surface area contributed by atoms with Gasteiger partial charge in [0.15, 0.2) is 5.60 Å². The summed E-state index contributed by atoms with van der Waals surface area (Å²) in [6.07, 6.45) is 1.19. The molecule has 1 aliphatic heterocycles. The molecule has 8 nitrogen and oxygen atoms in total. The van der Waals surface area contributed by atoms with E-state index in [0.717, 1.165) is 22.3 Å². The number of carboxylic acid groups (broad SMARTS) is 1. The molecule has 10 heteroatoms. The molecular formula is C45H48ClNO7Si. The third-order valence-electron chi connectivity index (χ3n) is 10.4. The number of aliphatic carboxylic acids is 1. The fourth-order valence-corrected chi connectivity index (χ4v) is 12.4. The van der Waals surface area contributed by atoms with Crippen molar-refractivity contribution in [2.24, 2.45) is 0 Å². The van der Waals surface area contributed by atoms with E-state index in [1.54, 1.807) is 38.5 Å². The zero-order valence-corrected chi connectivity index (χ0v) is 33.7. The van der Waals surface area contributed by atoms with Gasteiger partial charge in [-0.15, -0.1) is 0 Å². The normalized spacial score (nSPS) is 16.3. The van der Waals surface area contributed by atoms with E-state index in [-0.39, 0.29) is 11.5 Å². The number of carboxylic acids is 1. The maximum Gasteiger partial charge on any atom is 0.326 e. The van der Waals surface area contributed by atoms with Crippen molar-refractivity contribution in [2.45, 2.75) is 63.3 Å². The van der Waals surface area contributed by atoms with Crippen LogP contribution in [0.2, 0.25) is 10.1 Å². The molecule has 1 aliphatic rings. The van der Waals surface area contributed by atoms with Crippen LogP contribution in [0.4, 0.5) is 0 Å². The summed E-state index contributed by atoms with van der Waals surface area (Å²) < 4.78 is 25.1. The number of methoxy groups -OCH3 is 2. The second-order valence-corrected chi connectivity index (χ2v) is 19.6. The van der Waals surface area contributed by atoms with Gasteiger partial charge in [-0.3, -0.25) is 4.79 Å². The summed E-state index contributed by atoms with van der Waals surface area (Å²) in [6, 6.07) is 38.3. The van der Waals surface area contributed by atoms with Gasteiger partial charge in [-0.2, -0.15) is 0 Å². The Morgan fingerprint density at radius 2 is 1.40 bits per heavy atom. The number of halogens is 1. The summed E-state index contributed by atoms with van der Waals surface area (Å²) in [7, 11) is 0.463. The summed E-state index contributed by atoms with van der Waals surface area (Å²) in [5.74, 6) is -0.383. The summed E-state index contributed by atoms with van der Waals surface area (Å²) in [6.45, 7) is 7.49. The molecule has 6 rings (SSSR count). The largest absolute Gasteiger partial charge is 0.496 e. The van der Waals surface area contributed by atoms with Crippen LogP contribution in [0.1, 0.15) is 50.3 Å². The minimum Gasteiger partial charge on any atom is -0.496 e. The van der Waals surface area contributed by atoms with Crippen molar-refractivity contribution in [1.82, 2.24) is 5.32 Å². The monoisotopic (exact) mass is 777 g/mol. The van der Waals surface area contributed by atoms with E-state index < -0.39 is 31.8 Å². The highest BCUT2D eigenvalue weighted by atomic mass is 35.5. The Morgan fingerprint density at radius 3 is 1.87 bits per heavy atom. The van der Waals surface area contributed by atoms with E-state index in [2.05, 4.69) is 74.6 Å². The van der Waals surface area contributed by atoms with Gasteiger partial charge in [0, 0.05) is 18.1 Å². The van der Waals surface area contributed by atoms with E-state index in [4.69, 9.17) is 30.2 Å². The Hall–Kier alpha value is -4.93. The van der Waals surface area contributed by atoms with Gasteiger partial charge in [0.1, 0.15) is 17.5 Å². The van der Waals surface area contributed by atoms with Crippen LogP contribution in [-0.4, -0.2) is 52.2 Å². The van der Waals surface area contributed by atoms with Gasteiger partial charge in [-0.25, -0.2) is 4.79 Å². The SMILES string of the molecule is COc1cc(CO[Si](c2ccccc2)(c2ccccc2)C(C)(C)C)cc(OC)c1-c1ccc(C[C@H](NC(=O)C2(c3ccc(Cl)cc3)CCCO2)C(=O)O)cc1. The second-order valence-electron chi connectivity index (χ2n) is 14.9. The van der Waals surface area contributed by atoms with Gasteiger partial charge >= 0.3 is 5.97 Å². The molecule has 2 N–H and O–H groups in total. The number of rotatable bonds is 14. The number of amides is 1. The number of carbonyl (C=O) groups excluding carboxylic acids is 1. The fourth-order valence-electron chi connectivity index (χ4n) is 7.70. The number of nitrogens with one attached hydrogen (secondary N) is 1. The average Bonchev–Trinajstić information content (AvgIpc) is 3.70. The van der Waals surface area contributed by atoms with Crippen LogP contribution < -0.4 is 25.2 Å². The highest BCUT2D eigenvalue weighted by Crippen LogP contribution is 2.42. The lowest BCUT2D eigenvalue weighted by molar-refractivity contribution is -0.149. The van der Waals surface area contributed by atoms with Crippen LogP contribution in [0.25, 0.3) is 11.1 Å². The molecule has 0 saturated carbocycles. The molecule has 1 unspecified atom stereocenters. The number of hydrogen-bond donors (Lipinski definition) is 2. The highest BCUT2D eigenvalue weighted by Gasteiger charge is 2.50. The predicted octanol–water partition coefficient (Wildman–Crippen LogP) is 7.92. The van der Waals surface area contributed by atoms with Crippen LogP contribution in [0.3, 0.4) is 0 Å². The number of hydrogen-bond acceptors (Lipinski definition) is 6. The van der Waals surface area contributed by atoms with Crippen molar-refractivity contribution >= 4 is 42.2 Å². The molecule has 0 bridgehead atoms. The molecule has 55 heavy (non-hydrogen) atoms. The van der Waals surface area contributed by atoms with Gasteiger partial charge < -0.3 is 29.1 Å². The lowest BCUT2D eigenvalue weighted by atomic mass is 9.89. The molecule has 1 fully saturated rings. The van der Waals surface area contributed by atoms with E-state index in [1.165, 1.54) is 10.4 Å². The first-order valence-corrected chi connectivity index (χ1v) is 20.7. The van der Waals surface area contributed by atoms with Gasteiger partial charge in [-0.1, -0.05) is 129 Å². The first-order valence-electron chi connectivity index (χ1n) is 18.4. The van der Waals surface area contributed by atoms with E-state index in [1.807, 2.05) is 48.5 Å². The Balaban J connectivity index is 1.24. The van der Waals surface area contributed by atoms with Crippen LogP contribution in [0.5, 0.6) is 11.5 Å². The molecule has 1 heterocycles. The first kappa shape index (κ1) is 39.8. The van der Waals surface area contributed by atoms with Gasteiger partial charge in [0.05, 0.1) is 26.4 Å². The van der Waals surface area contributed by atoms with Crippen molar-refractivity contribution in [2.75, 3.05) is 20.8 Å². The Labute approximate surface area is 329 Å². The molecule has 1 saturated heterocycles. The van der Waals surface area contributed by atoms with Crippen molar-refractivity contribution in [1.29, 1.82) is 0 Å². The summed E-state index contributed by atoms with van der Waals surface area (Å²) in [5, 5.41) is 15.7. The Bertz CT molecular complexity index is 2010. The molecule has 2 atom stereocenters.